The lowest BCUT2D eigenvalue weighted by Gasteiger charge is -2.60. The summed E-state index contributed by atoms with van der Waals surface area (Å²) in [6.45, 7) is 14.3. The Morgan fingerprint density at radius 3 is 2.48 bits per heavy atom. The quantitative estimate of drug-likeness (QED) is 0.228. The van der Waals surface area contributed by atoms with Gasteiger partial charge < -0.3 is 9.26 Å². The van der Waals surface area contributed by atoms with Crippen LogP contribution in [0.15, 0.2) is 5.16 Å². The molecule has 0 bridgehead atoms. The predicted octanol–water partition coefficient (Wildman–Crippen LogP) is 7.44. The van der Waals surface area contributed by atoms with Crippen molar-refractivity contribution in [1.29, 1.82) is 0 Å². The van der Waals surface area contributed by atoms with Gasteiger partial charge in [-0.05, 0) is 130 Å². The molecule has 188 valence electrons. The molecule has 0 spiro atoms. The summed E-state index contributed by atoms with van der Waals surface area (Å²) in [5, 5.41) is 4.66. The average Bonchev–Trinajstić information content (AvgIpc) is 3.12. The fourth-order valence-electron chi connectivity index (χ4n) is 8.97. The van der Waals surface area contributed by atoms with Crippen LogP contribution in [0.25, 0.3) is 0 Å². The van der Waals surface area contributed by atoms with Crippen molar-refractivity contribution >= 4 is 20.0 Å². The molecule has 4 rings (SSSR count). The lowest BCUT2D eigenvalue weighted by molar-refractivity contribution is -0.141. The van der Waals surface area contributed by atoms with Crippen LogP contribution in [0.5, 0.6) is 0 Å². The molecule has 4 aliphatic rings. The summed E-state index contributed by atoms with van der Waals surface area (Å²) in [6.07, 6.45) is 13.5. The van der Waals surface area contributed by atoms with Crippen LogP contribution in [0.1, 0.15) is 91.4 Å². The highest BCUT2D eigenvalue weighted by atomic mass is 28.4. The van der Waals surface area contributed by atoms with Gasteiger partial charge >= 0.3 is 5.97 Å². The van der Waals surface area contributed by atoms with Crippen LogP contribution in [0.4, 0.5) is 0 Å². The number of hydrogen-bond donors (Lipinski definition) is 0. The number of fused-ring (bicyclic) bond motifs is 5. The molecule has 0 aromatic carbocycles. The molecular formula is C28H49NO3Si. The van der Waals surface area contributed by atoms with E-state index in [4.69, 9.17) is 9.26 Å². The Labute approximate surface area is 203 Å². The molecule has 0 radical (unpaired) electrons. The third-order valence-corrected chi connectivity index (χ3v) is 11.4. The Morgan fingerprint density at radius 2 is 1.79 bits per heavy atom. The Morgan fingerprint density at radius 1 is 1.06 bits per heavy atom. The van der Waals surface area contributed by atoms with E-state index in [1.54, 1.807) is 0 Å². The number of methoxy groups -OCH3 is 1. The highest BCUT2D eigenvalue weighted by molar-refractivity contribution is 6.69. The van der Waals surface area contributed by atoms with Crippen LogP contribution >= 0.6 is 0 Å². The van der Waals surface area contributed by atoms with Gasteiger partial charge in [0.15, 0.2) is 0 Å². The molecule has 7 unspecified atom stereocenters. The van der Waals surface area contributed by atoms with E-state index >= 15 is 0 Å². The Balaban J connectivity index is 1.44. The maximum absolute atomic E-state index is 11.7. The summed E-state index contributed by atoms with van der Waals surface area (Å²) in [7, 11) is -0.0870. The lowest BCUT2D eigenvalue weighted by Crippen LogP contribution is -2.53. The first-order chi connectivity index (χ1) is 15.5. The van der Waals surface area contributed by atoms with E-state index < -0.39 is 8.32 Å². The largest absolute Gasteiger partial charge is 0.469 e. The lowest BCUT2D eigenvalue weighted by atomic mass is 9.44. The molecule has 0 amide bonds. The van der Waals surface area contributed by atoms with Gasteiger partial charge in [-0.25, -0.2) is 0 Å². The normalized spacial score (nSPS) is 42.8. The van der Waals surface area contributed by atoms with Gasteiger partial charge in [-0.2, -0.15) is 0 Å². The van der Waals surface area contributed by atoms with Crippen molar-refractivity contribution in [3.63, 3.8) is 0 Å². The van der Waals surface area contributed by atoms with Crippen molar-refractivity contribution in [2.75, 3.05) is 7.11 Å². The molecule has 4 aliphatic carbocycles. The van der Waals surface area contributed by atoms with Gasteiger partial charge in [-0.3, -0.25) is 4.79 Å². The second-order valence-electron chi connectivity index (χ2n) is 13.5. The van der Waals surface area contributed by atoms with Crippen LogP contribution in [-0.4, -0.2) is 27.1 Å². The second-order valence-corrected chi connectivity index (χ2v) is 17.9. The summed E-state index contributed by atoms with van der Waals surface area (Å²) in [4.78, 5) is 11.7. The second kappa shape index (κ2) is 9.31. The minimum Gasteiger partial charge on any atom is -0.469 e. The number of carbonyl (C=O) groups is 1. The third-order valence-electron chi connectivity index (χ3n) is 10.7. The van der Waals surface area contributed by atoms with Crippen LogP contribution in [0, 0.1) is 46.3 Å². The summed E-state index contributed by atoms with van der Waals surface area (Å²) in [6, 6.07) is 0. The zero-order chi connectivity index (χ0) is 24.0. The van der Waals surface area contributed by atoms with Gasteiger partial charge in [0.05, 0.1) is 12.8 Å². The first-order valence-corrected chi connectivity index (χ1v) is 17.2. The maximum Gasteiger partial charge on any atom is 0.305 e. The van der Waals surface area contributed by atoms with E-state index in [0.29, 0.717) is 23.2 Å². The standard InChI is InChI=1S/C28H49NO3Si/c1-19(8-13-26(30)31-4)23-11-12-24-22-10-9-20-18-21(29-32-33(5,6)7)14-16-27(20,2)25(22)15-17-28(23,24)3/h19-20,22-25H,8-18H2,1-7H3/b29-21+/t19?,20-,22?,23?,24?,25?,27?,28?/m0/s1. The first-order valence-electron chi connectivity index (χ1n) is 13.8. The molecule has 5 heteroatoms. The SMILES string of the molecule is COC(=O)CCC(C)C1CCC2C3CC[C@H]4C/C(=N/O[Si](C)(C)C)CCC4(C)C3CCC12C. The van der Waals surface area contributed by atoms with E-state index in [1.165, 1.54) is 64.2 Å². The highest BCUT2D eigenvalue weighted by Crippen LogP contribution is 2.68. The van der Waals surface area contributed by atoms with E-state index in [1.807, 2.05) is 0 Å². The fourth-order valence-corrected chi connectivity index (χ4v) is 9.37. The van der Waals surface area contributed by atoms with Gasteiger partial charge in [0.2, 0.25) is 0 Å². The number of nitrogens with zero attached hydrogens (tertiary/aromatic N) is 1. The molecule has 4 saturated carbocycles. The predicted molar refractivity (Wildman–Crippen MR) is 137 cm³/mol. The fraction of sp³-hybridized carbons (Fsp3) is 0.929. The van der Waals surface area contributed by atoms with Gasteiger partial charge in [-0.1, -0.05) is 20.8 Å². The molecule has 33 heavy (non-hydrogen) atoms. The third kappa shape index (κ3) is 4.82. The number of carbonyl (C=O) groups excluding carboxylic acids is 1. The van der Waals surface area contributed by atoms with Crippen molar-refractivity contribution in [3.8, 4) is 0 Å². The molecule has 0 saturated heterocycles. The van der Waals surface area contributed by atoms with Crippen molar-refractivity contribution in [2.45, 2.75) is 111 Å². The van der Waals surface area contributed by atoms with E-state index in [2.05, 4.69) is 45.6 Å². The van der Waals surface area contributed by atoms with Crippen molar-refractivity contribution in [2.24, 2.45) is 51.5 Å². The molecule has 4 nitrogen and oxygen atoms in total. The van der Waals surface area contributed by atoms with Gasteiger partial charge in [-0.15, -0.1) is 5.16 Å². The summed E-state index contributed by atoms with van der Waals surface area (Å²) in [5.41, 5.74) is 2.28. The smallest absolute Gasteiger partial charge is 0.305 e. The minimum atomic E-state index is -1.60. The molecule has 0 N–H and O–H groups in total. The molecule has 8 atom stereocenters. The summed E-state index contributed by atoms with van der Waals surface area (Å²) < 4.78 is 10.8. The summed E-state index contributed by atoms with van der Waals surface area (Å²) in [5.74, 6) is 4.79. The number of oxime groups is 1. The number of hydrogen-bond acceptors (Lipinski definition) is 4. The Bertz CT molecular complexity index is 761. The van der Waals surface area contributed by atoms with E-state index in [-0.39, 0.29) is 5.97 Å². The topological polar surface area (TPSA) is 47.9 Å². The molecule has 0 aromatic heterocycles. The van der Waals surface area contributed by atoms with Crippen molar-refractivity contribution < 1.29 is 14.1 Å². The average molecular weight is 476 g/mol. The van der Waals surface area contributed by atoms with Gasteiger partial charge in [0.1, 0.15) is 0 Å². The van der Waals surface area contributed by atoms with E-state index in [0.717, 1.165) is 42.4 Å². The number of esters is 1. The zero-order valence-electron chi connectivity index (χ0n) is 22.4. The minimum absolute atomic E-state index is 0.0491. The van der Waals surface area contributed by atoms with Crippen LogP contribution in [-0.2, 0) is 14.1 Å². The van der Waals surface area contributed by atoms with Crippen LogP contribution in [0.3, 0.4) is 0 Å². The molecule has 0 aromatic rings. The Kier molecular flexibility index (Phi) is 7.13. The highest BCUT2D eigenvalue weighted by Gasteiger charge is 2.60. The van der Waals surface area contributed by atoms with E-state index in [9.17, 15) is 4.79 Å². The van der Waals surface area contributed by atoms with Crippen LogP contribution < -0.4 is 0 Å². The molecule has 0 heterocycles. The Hall–Kier alpha value is -0.843. The van der Waals surface area contributed by atoms with Crippen molar-refractivity contribution in [3.05, 3.63) is 0 Å². The summed E-state index contributed by atoms with van der Waals surface area (Å²) >= 11 is 0. The molecular weight excluding hydrogens is 426 g/mol. The molecule has 4 fully saturated rings. The van der Waals surface area contributed by atoms with Crippen LogP contribution in [0.2, 0.25) is 19.6 Å². The number of rotatable bonds is 6. The monoisotopic (exact) mass is 475 g/mol. The van der Waals surface area contributed by atoms with Crippen molar-refractivity contribution in [1.82, 2.24) is 0 Å². The molecule has 0 aliphatic heterocycles. The maximum atomic E-state index is 11.7. The zero-order valence-corrected chi connectivity index (χ0v) is 23.4. The van der Waals surface area contributed by atoms with Gasteiger partial charge in [0.25, 0.3) is 8.32 Å². The number of ether oxygens (including phenoxy) is 1. The van der Waals surface area contributed by atoms with Gasteiger partial charge in [0, 0.05) is 6.42 Å². The first kappa shape index (κ1) is 25.3.